The summed E-state index contributed by atoms with van der Waals surface area (Å²) in [7, 11) is 0. The summed E-state index contributed by atoms with van der Waals surface area (Å²) in [4.78, 5) is 23.6. The van der Waals surface area contributed by atoms with E-state index in [0.717, 1.165) is 5.56 Å². The number of carbonyl (C=O) groups is 2. The second-order valence-corrected chi connectivity index (χ2v) is 7.87. The van der Waals surface area contributed by atoms with Gasteiger partial charge in [-0.15, -0.1) is 0 Å². The maximum Gasteiger partial charge on any atom is 0.313 e. The molecule has 0 aliphatic carbocycles. The van der Waals surface area contributed by atoms with Crippen molar-refractivity contribution in [2.45, 2.75) is 53.1 Å². The second kappa shape index (κ2) is 7.13. The summed E-state index contributed by atoms with van der Waals surface area (Å²) < 4.78 is 0. The Kier molecular flexibility index (Phi) is 5.94. The van der Waals surface area contributed by atoms with E-state index in [-0.39, 0.29) is 17.4 Å². The minimum atomic E-state index is -0.756. The number of rotatable bonds is 3. The molecule has 5 heteroatoms. The topological polar surface area (TPSA) is 78.4 Å². The smallest absolute Gasteiger partial charge is 0.313 e. The van der Waals surface area contributed by atoms with E-state index in [4.69, 9.17) is 0 Å². The highest BCUT2D eigenvalue weighted by Crippen LogP contribution is 2.23. The van der Waals surface area contributed by atoms with Gasteiger partial charge in [-0.1, -0.05) is 53.7 Å². The SMILES string of the molecule is CC(C)(C)c1ccc(NC(=O)C(=O)NCC(O)C(C)(C)C)cc1. The van der Waals surface area contributed by atoms with Crippen LogP contribution in [0.3, 0.4) is 0 Å². The first-order valence-corrected chi connectivity index (χ1v) is 7.79. The molecule has 0 heterocycles. The normalized spacial score (nSPS) is 13.3. The monoisotopic (exact) mass is 320 g/mol. The van der Waals surface area contributed by atoms with Gasteiger partial charge >= 0.3 is 11.8 Å². The summed E-state index contributed by atoms with van der Waals surface area (Å²) in [6, 6.07) is 7.40. The summed E-state index contributed by atoms with van der Waals surface area (Å²) in [5, 5.41) is 14.9. The molecule has 1 aromatic rings. The average molecular weight is 320 g/mol. The first-order valence-electron chi connectivity index (χ1n) is 7.79. The van der Waals surface area contributed by atoms with Crippen LogP contribution in [-0.2, 0) is 15.0 Å². The van der Waals surface area contributed by atoms with Crippen molar-refractivity contribution in [1.29, 1.82) is 0 Å². The molecular formula is C18H28N2O3. The summed E-state index contributed by atoms with van der Waals surface area (Å²) in [6.07, 6.45) is -0.717. The molecule has 23 heavy (non-hydrogen) atoms. The van der Waals surface area contributed by atoms with Crippen LogP contribution < -0.4 is 10.6 Å². The molecule has 2 amide bonds. The summed E-state index contributed by atoms with van der Waals surface area (Å²) in [6.45, 7) is 11.9. The Morgan fingerprint density at radius 1 is 1.00 bits per heavy atom. The minimum Gasteiger partial charge on any atom is -0.391 e. The van der Waals surface area contributed by atoms with Crippen LogP contribution in [0.5, 0.6) is 0 Å². The van der Waals surface area contributed by atoms with Crippen molar-refractivity contribution in [2.75, 3.05) is 11.9 Å². The number of hydrogen-bond acceptors (Lipinski definition) is 3. The lowest BCUT2D eigenvalue weighted by Gasteiger charge is -2.25. The van der Waals surface area contributed by atoms with Crippen LogP contribution in [0.4, 0.5) is 5.69 Å². The van der Waals surface area contributed by atoms with Gasteiger partial charge in [-0.2, -0.15) is 0 Å². The zero-order valence-corrected chi connectivity index (χ0v) is 14.9. The molecule has 5 nitrogen and oxygen atoms in total. The van der Waals surface area contributed by atoms with Gasteiger partial charge in [-0.3, -0.25) is 9.59 Å². The Balaban J connectivity index is 2.57. The molecule has 0 spiro atoms. The van der Waals surface area contributed by atoms with Crippen molar-refractivity contribution < 1.29 is 14.7 Å². The third kappa shape index (κ3) is 6.02. The van der Waals surface area contributed by atoms with Gasteiger partial charge in [0.15, 0.2) is 0 Å². The van der Waals surface area contributed by atoms with E-state index in [0.29, 0.717) is 5.69 Å². The quantitative estimate of drug-likeness (QED) is 0.749. The number of aliphatic hydroxyl groups excluding tert-OH is 1. The zero-order chi connectivity index (χ0) is 17.8. The van der Waals surface area contributed by atoms with Gasteiger partial charge in [0.1, 0.15) is 0 Å². The maximum absolute atomic E-state index is 11.9. The third-order valence-electron chi connectivity index (χ3n) is 3.67. The molecule has 3 N–H and O–H groups in total. The molecule has 0 radical (unpaired) electrons. The van der Waals surface area contributed by atoms with Crippen LogP contribution in [0.25, 0.3) is 0 Å². The summed E-state index contributed by atoms with van der Waals surface area (Å²) >= 11 is 0. The fraction of sp³-hybridized carbons (Fsp3) is 0.556. The average Bonchev–Trinajstić information content (AvgIpc) is 2.42. The molecular weight excluding hydrogens is 292 g/mol. The van der Waals surface area contributed by atoms with Gasteiger partial charge in [0.05, 0.1) is 6.10 Å². The van der Waals surface area contributed by atoms with E-state index in [2.05, 4.69) is 31.4 Å². The number of carbonyl (C=O) groups excluding carboxylic acids is 2. The Hall–Kier alpha value is -1.88. The van der Waals surface area contributed by atoms with Crippen LogP contribution in [0, 0.1) is 5.41 Å². The highest BCUT2D eigenvalue weighted by Gasteiger charge is 2.24. The molecule has 1 rings (SSSR count). The van der Waals surface area contributed by atoms with Crippen LogP contribution in [0.2, 0.25) is 0 Å². The van der Waals surface area contributed by atoms with E-state index >= 15 is 0 Å². The van der Waals surface area contributed by atoms with Crippen molar-refractivity contribution in [3.8, 4) is 0 Å². The number of nitrogens with one attached hydrogen (secondary N) is 2. The number of benzene rings is 1. The van der Waals surface area contributed by atoms with Gasteiger partial charge in [0.25, 0.3) is 0 Å². The highest BCUT2D eigenvalue weighted by atomic mass is 16.3. The predicted octanol–water partition coefficient (Wildman–Crippen LogP) is 2.45. The Labute approximate surface area is 138 Å². The van der Waals surface area contributed by atoms with Gasteiger partial charge in [-0.25, -0.2) is 0 Å². The minimum absolute atomic E-state index is 0.0308. The lowest BCUT2D eigenvalue weighted by atomic mass is 9.87. The van der Waals surface area contributed by atoms with Crippen molar-refractivity contribution in [3.63, 3.8) is 0 Å². The van der Waals surface area contributed by atoms with Crippen molar-refractivity contribution in [1.82, 2.24) is 5.32 Å². The molecule has 0 bridgehead atoms. The first kappa shape index (κ1) is 19.2. The van der Waals surface area contributed by atoms with Crippen LogP contribution in [-0.4, -0.2) is 29.6 Å². The zero-order valence-electron chi connectivity index (χ0n) is 14.9. The number of hydrogen-bond donors (Lipinski definition) is 3. The largest absolute Gasteiger partial charge is 0.391 e. The lowest BCUT2D eigenvalue weighted by molar-refractivity contribution is -0.136. The van der Waals surface area contributed by atoms with Gasteiger partial charge in [0.2, 0.25) is 0 Å². The molecule has 0 aliphatic heterocycles. The Morgan fingerprint density at radius 3 is 1.96 bits per heavy atom. The lowest BCUT2D eigenvalue weighted by Crippen LogP contribution is -2.43. The summed E-state index contributed by atoms with van der Waals surface area (Å²) in [5.74, 6) is -1.50. The summed E-state index contributed by atoms with van der Waals surface area (Å²) in [5.41, 5.74) is 1.39. The molecule has 0 aromatic heterocycles. The number of amides is 2. The van der Waals surface area contributed by atoms with E-state index in [1.54, 1.807) is 12.1 Å². The number of anilines is 1. The van der Waals surface area contributed by atoms with Crippen molar-refractivity contribution in [2.24, 2.45) is 5.41 Å². The van der Waals surface area contributed by atoms with E-state index in [1.807, 2.05) is 32.9 Å². The first-order chi connectivity index (χ1) is 10.4. The third-order valence-corrected chi connectivity index (χ3v) is 3.67. The van der Waals surface area contributed by atoms with E-state index < -0.39 is 17.9 Å². The molecule has 128 valence electrons. The molecule has 1 aromatic carbocycles. The molecule has 0 aliphatic rings. The van der Waals surface area contributed by atoms with Gasteiger partial charge in [-0.05, 0) is 28.5 Å². The van der Waals surface area contributed by atoms with Gasteiger partial charge < -0.3 is 15.7 Å². The van der Waals surface area contributed by atoms with Crippen LogP contribution in [0.15, 0.2) is 24.3 Å². The van der Waals surface area contributed by atoms with E-state index in [1.165, 1.54) is 0 Å². The highest BCUT2D eigenvalue weighted by molar-refractivity contribution is 6.39. The molecule has 1 unspecified atom stereocenters. The second-order valence-electron chi connectivity index (χ2n) is 7.87. The predicted molar refractivity (Wildman–Crippen MR) is 92.2 cm³/mol. The van der Waals surface area contributed by atoms with E-state index in [9.17, 15) is 14.7 Å². The molecule has 0 fully saturated rings. The van der Waals surface area contributed by atoms with Gasteiger partial charge in [0, 0.05) is 12.2 Å². The Bertz CT molecular complexity index is 551. The fourth-order valence-electron chi connectivity index (χ4n) is 1.82. The number of aliphatic hydroxyl groups is 1. The molecule has 1 atom stereocenters. The maximum atomic E-state index is 11.9. The molecule has 0 saturated carbocycles. The Morgan fingerprint density at radius 2 is 1.52 bits per heavy atom. The molecule has 0 saturated heterocycles. The van der Waals surface area contributed by atoms with Crippen molar-refractivity contribution >= 4 is 17.5 Å². The fourth-order valence-corrected chi connectivity index (χ4v) is 1.82. The van der Waals surface area contributed by atoms with Crippen molar-refractivity contribution in [3.05, 3.63) is 29.8 Å². The van der Waals surface area contributed by atoms with Crippen LogP contribution in [0.1, 0.15) is 47.1 Å². The standard InChI is InChI=1S/C18H28N2O3/c1-17(2,3)12-7-9-13(10-8-12)20-16(23)15(22)19-11-14(21)18(4,5)6/h7-10,14,21H,11H2,1-6H3,(H,19,22)(H,20,23). The van der Waals surface area contributed by atoms with Crippen LogP contribution >= 0.6 is 0 Å².